The second kappa shape index (κ2) is 10.5. The summed E-state index contributed by atoms with van der Waals surface area (Å²) in [4.78, 5) is 12.1. The van der Waals surface area contributed by atoms with E-state index in [9.17, 15) is 4.79 Å². The molecule has 0 saturated carbocycles. The van der Waals surface area contributed by atoms with Gasteiger partial charge in [-0.15, -0.1) is 0 Å². The van der Waals surface area contributed by atoms with E-state index in [-0.39, 0.29) is 5.91 Å². The molecule has 0 saturated heterocycles. The SMILES string of the molecule is Cc1ccc(CC(=O)N/N=C\c2ccc(OCc3ccc(Br)cc3)c(Br)c2)cc1C. The first-order chi connectivity index (χ1) is 14.4. The molecular formula is C24H22Br2N2O2. The Kier molecular flexibility index (Phi) is 7.82. The maximum atomic E-state index is 12.1. The zero-order chi connectivity index (χ0) is 21.5. The Morgan fingerprint density at radius 1 is 0.967 bits per heavy atom. The zero-order valence-electron chi connectivity index (χ0n) is 16.8. The van der Waals surface area contributed by atoms with Gasteiger partial charge in [-0.2, -0.15) is 5.10 Å². The molecule has 154 valence electrons. The number of nitrogens with one attached hydrogen (secondary N) is 1. The largest absolute Gasteiger partial charge is 0.488 e. The highest BCUT2D eigenvalue weighted by molar-refractivity contribution is 9.10. The zero-order valence-corrected chi connectivity index (χ0v) is 20.0. The van der Waals surface area contributed by atoms with Gasteiger partial charge in [-0.3, -0.25) is 4.79 Å². The lowest BCUT2D eigenvalue weighted by Gasteiger charge is -2.09. The van der Waals surface area contributed by atoms with Crippen LogP contribution in [0.2, 0.25) is 0 Å². The molecule has 30 heavy (non-hydrogen) atoms. The van der Waals surface area contributed by atoms with E-state index in [0.717, 1.165) is 31.4 Å². The molecule has 0 spiro atoms. The van der Waals surface area contributed by atoms with Gasteiger partial charge in [-0.25, -0.2) is 5.43 Å². The van der Waals surface area contributed by atoms with Crippen LogP contribution in [0.4, 0.5) is 0 Å². The summed E-state index contributed by atoms with van der Waals surface area (Å²) in [6.07, 6.45) is 1.91. The predicted molar refractivity (Wildman–Crippen MR) is 128 cm³/mol. The monoisotopic (exact) mass is 528 g/mol. The van der Waals surface area contributed by atoms with Crippen molar-refractivity contribution in [3.8, 4) is 5.75 Å². The number of carbonyl (C=O) groups excluding carboxylic acids is 1. The summed E-state index contributed by atoms with van der Waals surface area (Å²) in [5.41, 5.74) is 7.88. The van der Waals surface area contributed by atoms with Crippen molar-refractivity contribution >= 4 is 44.0 Å². The first-order valence-corrected chi connectivity index (χ1v) is 11.0. The molecule has 0 aliphatic carbocycles. The third kappa shape index (κ3) is 6.54. The minimum absolute atomic E-state index is 0.150. The van der Waals surface area contributed by atoms with Crippen molar-refractivity contribution < 1.29 is 9.53 Å². The average molecular weight is 530 g/mol. The number of hydrazone groups is 1. The van der Waals surface area contributed by atoms with E-state index in [1.165, 1.54) is 11.1 Å². The van der Waals surface area contributed by atoms with Gasteiger partial charge >= 0.3 is 0 Å². The van der Waals surface area contributed by atoms with Crippen LogP contribution in [0.25, 0.3) is 0 Å². The van der Waals surface area contributed by atoms with Gasteiger partial charge in [0, 0.05) is 4.47 Å². The standard InChI is InChI=1S/C24H22Br2N2O2/c1-16-3-4-19(11-17(16)2)13-24(29)28-27-14-20-7-10-23(22(26)12-20)30-15-18-5-8-21(25)9-6-18/h3-12,14H,13,15H2,1-2H3,(H,28,29)/b27-14-. The average Bonchev–Trinajstić information content (AvgIpc) is 2.71. The fourth-order valence-electron chi connectivity index (χ4n) is 2.77. The molecule has 0 aliphatic heterocycles. The second-order valence-corrected chi connectivity index (χ2v) is 8.76. The Bertz CT molecular complexity index is 1060. The normalized spacial score (nSPS) is 10.9. The smallest absolute Gasteiger partial charge is 0.244 e. The highest BCUT2D eigenvalue weighted by atomic mass is 79.9. The first-order valence-electron chi connectivity index (χ1n) is 9.45. The van der Waals surface area contributed by atoms with Gasteiger partial charge in [0.25, 0.3) is 0 Å². The van der Waals surface area contributed by atoms with Crippen LogP contribution in [-0.2, 0) is 17.8 Å². The maximum absolute atomic E-state index is 12.1. The second-order valence-electron chi connectivity index (χ2n) is 6.99. The highest BCUT2D eigenvalue weighted by Crippen LogP contribution is 2.26. The molecule has 4 nitrogen and oxygen atoms in total. The molecule has 0 aromatic heterocycles. The van der Waals surface area contributed by atoms with Gasteiger partial charge in [-0.05, 0) is 87.9 Å². The number of amides is 1. The number of rotatable bonds is 7. The van der Waals surface area contributed by atoms with Crippen LogP contribution in [0, 0.1) is 13.8 Å². The Morgan fingerprint density at radius 3 is 2.40 bits per heavy atom. The molecule has 0 heterocycles. The number of hydrogen-bond donors (Lipinski definition) is 1. The van der Waals surface area contributed by atoms with Crippen molar-refractivity contribution in [2.24, 2.45) is 5.10 Å². The summed E-state index contributed by atoms with van der Waals surface area (Å²) < 4.78 is 7.73. The topological polar surface area (TPSA) is 50.7 Å². The summed E-state index contributed by atoms with van der Waals surface area (Å²) in [7, 11) is 0. The van der Waals surface area contributed by atoms with Crippen molar-refractivity contribution in [1.82, 2.24) is 5.43 Å². The molecule has 3 aromatic carbocycles. The van der Waals surface area contributed by atoms with Crippen LogP contribution in [0.5, 0.6) is 5.75 Å². The Hall–Kier alpha value is -2.44. The van der Waals surface area contributed by atoms with Gasteiger partial charge in [0.2, 0.25) is 5.91 Å². The minimum atomic E-state index is -0.150. The molecule has 3 aromatic rings. The van der Waals surface area contributed by atoms with Gasteiger partial charge in [0.05, 0.1) is 17.1 Å². The van der Waals surface area contributed by atoms with E-state index in [1.807, 2.05) is 67.6 Å². The summed E-state index contributed by atoms with van der Waals surface area (Å²) in [6, 6.07) is 19.7. The van der Waals surface area contributed by atoms with E-state index < -0.39 is 0 Å². The van der Waals surface area contributed by atoms with Gasteiger partial charge in [0.1, 0.15) is 12.4 Å². The molecule has 6 heteroatoms. The number of aryl methyl sites for hydroxylation is 2. The Morgan fingerprint density at radius 2 is 1.70 bits per heavy atom. The van der Waals surface area contributed by atoms with Crippen molar-refractivity contribution in [3.05, 3.63) is 97.4 Å². The lowest BCUT2D eigenvalue weighted by molar-refractivity contribution is -0.120. The summed E-state index contributed by atoms with van der Waals surface area (Å²) in [6.45, 7) is 4.57. The molecule has 0 atom stereocenters. The van der Waals surface area contributed by atoms with Crippen molar-refractivity contribution in [3.63, 3.8) is 0 Å². The lowest BCUT2D eigenvalue weighted by atomic mass is 10.0. The Labute approximate surface area is 193 Å². The van der Waals surface area contributed by atoms with E-state index in [2.05, 4.69) is 49.3 Å². The number of benzene rings is 3. The van der Waals surface area contributed by atoms with Crippen molar-refractivity contribution in [2.75, 3.05) is 0 Å². The fourth-order valence-corrected chi connectivity index (χ4v) is 3.55. The van der Waals surface area contributed by atoms with Gasteiger partial charge in [0.15, 0.2) is 0 Å². The van der Waals surface area contributed by atoms with Crippen LogP contribution >= 0.6 is 31.9 Å². The van der Waals surface area contributed by atoms with Gasteiger partial charge in [-0.1, -0.05) is 46.3 Å². The predicted octanol–water partition coefficient (Wildman–Crippen LogP) is 6.10. The van der Waals surface area contributed by atoms with Crippen LogP contribution in [0.15, 0.2) is 74.7 Å². The number of hydrogen-bond acceptors (Lipinski definition) is 3. The lowest BCUT2D eigenvalue weighted by Crippen LogP contribution is -2.19. The van der Waals surface area contributed by atoms with E-state index >= 15 is 0 Å². The quantitative estimate of drug-likeness (QED) is 0.297. The molecular weight excluding hydrogens is 508 g/mol. The molecule has 0 radical (unpaired) electrons. The molecule has 0 bridgehead atoms. The highest BCUT2D eigenvalue weighted by Gasteiger charge is 2.05. The van der Waals surface area contributed by atoms with Crippen LogP contribution < -0.4 is 10.2 Å². The summed E-state index contributed by atoms with van der Waals surface area (Å²) in [5, 5.41) is 4.06. The number of ether oxygens (including phenoxy) is 1. The van der Waals surface area contributed by atoms with E-state index in [4.69, 9.17) is 4.74 Å². The van der Waals surface area contributed by atoms with Gasteiger partial charge < -0.3 is 4.74 Å². The van der Waals surface area contributed by atoms with E-state index in [0.29, 0.717) is 13.0 Å². The number of nitrogens with zero attached hydrogens (tertiary/aromatic N) is 1. The number of carbonyl (C=O) groups is 1. The third-order valence-corrected chi connectivity index (χ3v) is 5.75. The van der Waals surface area contributed by atoms with Crippen LogP contribution in [0.3, 0.4) is 0 Å². The summed E-state index contributed by atoms with van der Waals surface area (Å²) >= 11 is 6.95. The molecule has 1 amide bonds. The third-order valence-electron chi connectivity index (χ3n) is 4.60. The molecule has 0 unspecified atom stereocenters. The van der Waals surface area contributed by atoms with E-state index in [1.54, 1.807) is 6.21 Å². The molecule has 0 aliphatic rings. The molecule has 1 N–H and O–H groups in total. The van der Waals surface area contributed by atoms with Crippen molar-refractivity contribution in [2.45, 2.75) is 26.9 Å². The van der Waals surface area contributed by atoms with Crippen LogP contribution in [-0.4, -0.2) is 12.1 Å². The van der Waals surface area contributed by atoms with Crippen molar-refractivity contribution in [1.29, 1.82) is 0 Å². The first kappa shape index (κ1) is 22.2. The molecule has 3 rings (SSSR count). The van der Waals surface area contributed by atoms with Crippen LogP contribution in [0.1, 0.15) is 27.8 Å². The number of halogens is 2. The maximum Gasteiger partial charge on any atom is 0.244 e. The Balaban J connectivity index is 1.52. The molecule has 0 fully saturated rings. The minimum Gasteiger partial charge on any atom is -0.488 e. The fraction of sp³-hybridized carbons (Fsp3) is 0.167. The summed E-state index contributed by atoms with van der Waals surface area (Å²) in [5.74, 6) is 0.594.